The smallest absolute Gasteiger partial charge is 0.175 e. The molecule has 0 N–H and O–H groups in total. The normalized spacial score (nSPS) is 14.1. The number of halogens is 1. The first kappa shape index (κ1) is 27.4. The Balaban J connectivity index is 1.53. The fourth-order valence-electron chi connectivity index (χ4n) is 4.48. The fourth-order valence-corrected chi connectivity index (χ4v) is 5.87. The molecule has 0 saturated heterocycles. The zero-order chi connectivity index (χ0) is 27.8. The molecule has 1 aliphatic carbocycles. The predicted molar refractivity (Wildman–Crippen MR) is 155 cm³/mol. The molecule has 0 aliphatic heterocycles. The van der Waals surface area contributed by atoms with Crippen LogP contribution in [0.4, 0.5) is 4.39 Å². The zero-order valence-corrected chi connectivity index (χ0v) is 24.6. The molecule has 2 heterocycles. The number of benzene rings is 2. The van der Waals surface area contributed by atoms with Crippen LogP contribution in [0.3, 0.4) is 0 Å². The lowest BCUT2D eigenvalue weighted by Gasteiger charge is -2.16. The van der Waals surface area contributed by atoms with Gasteiger partial charge in [-0.3, -0.25) is 4.98 Å². The Kier molecular flexibility index (Phi) is 7.59. The Morgan fingerprint density at radius 1 is 1.00 bits per heavy atom. The summed E-state index contributed by atoms with van der Waals surface area (Å²) in [5.41, 5.74) is 5.33. The summed E-state index contributed by atoms with van der Waals surface area (Å²) in [6.07, 6.45) is 5.25. The second-order valence-electron chi connectivity index (χ2n) is 11.5. The maximum Gasteiger partial charge on any atom is 0.175 e. The third-order valence-electron chi connectivity index (χ3n) is 6.93. The van der Waals surface area contributed by atoms with Crippen LogP contribution >= 0.6 is 0 Å². The summed E-state index contributed by atoms with van der Waals surface area (Å²) in [5, 5.41) is 4.66. The van der Waals surface area contributed by atoms with Crippen LogP contribution in [-0.2, 0) is 21.3 Å². The third-order valence-corrected chi connectivity index (χ3v) is 9.76. The minimum Gasteiger partial charge on any atom is -0.360 e. The van der Waals surface area contributed by atoms with Gasteiger partial charge in [-0.25, -0.2) is 17.5 Å². The highest BCUT2D eigenvalue weighted by atomic mass is 32.2. The van der Waals surface area contributed by atoms with Gasteiger partial charge in [0, 0.05) is 43.7 Å². The maximum absolute atomic E-state index is 15.0. The molecule has 6 nitrogen and oxygen atoms in total. The number of aromatic nitrogens is 3. The van der Waals surface area contributed by atoms with E-state index in [9.17, 15) is 8.42 Å². The molecule has 204 valence electrons. The largest absolute Gasteiger partial charge is 0.360 e. The Hall–Kier alpha value is -3.14. The molecule has 5 rings (SSSR count). The van der Waals surface area contributed by atoms with Crippen molar-refractivity contribution >= 4 is 17.9 Å². The zero-order valence-electron chi connectivity index (χ0n) is 22.8. The highest BCUT2D eigenvalue weighted by Gasteiger charge is 2.26. The first-order valence-corrected chi connectivity index (χ1v) is 18.8. The molecule has 4 aromatic rings. The van der Waals surface area contributed by atoms with E-state index in [-0.39, 0.29) is 10.7 Å². The lowest BCUT2D eigenvalue weighted by molar-refractivity contribution is 0.0797. The van der Waals surface area contributed by atoms with Gasteiger partial charge in [0.1, 0.15) is 12.5 Å². The summed E-state index contributed by atoms with van der Waals surface area (Å²) in [4.78, 5) is 5.18. The summed E-state index contributed by atoms with van der Waals surface area (Å²) in [7, 11) is -4.57. The second-order valence-corrected chi connectivity index (χ2v) is 19.1. The monoisotopic (exact) mass is 563 g/mol. The van der Waals surface area contributed by atoms with Gasteiger partial charge in [0.2, 0.25) is 0 Å². The number of rotatable bonds is 10. The molecule has 39 heavy (non-hydrogen) atoms. The summed E-state index contributed by atoms with van der Waals surface area (Å²) in [6.45, 7) is 7.94. The van der Waals surface area contributed by atoms with E-state index in [0.717, 1.165) is 53.4 Å². The summed E-state index contributed by atoms with van der Waals surface area (Å²) < 4.78 is 46.7. The van der Waals surface area contributed by atoms with Crippen LogP contribution in [-0.4, -0.2) is 44.1 Å². The third kappa shape index (κ3) is 6.54. The highest BCUT2D eigenvalue weighted by Crippen LogP contribution is 2.40. The van der Waals surface area contributed by atoms with Crippen LogP contribution in [0.1, 0.15) is 24.5 Å². The highest BCUT2D eigenvalue weighted by molar-refractivity contribution is 7.90. The molecule has 1 saturated carbocycles. The van der Waals surface area contributed by atoms with E-state index < -0.39 is 17.9 Å². The lowest BCUT2D eigenvalue weighted by Crippen LogP contribution is -2.22. The first-order chi connectivity index (χ1) is 18.5. The quantitative estimate of drug-likeness (QED) is 0.153. The minimum atomic E-state index is -3.34. The van der Waals surface area contributed by atoms with Gasteiger partial charge in [-0.2, -0.15) is 5.10 Å². The molecule has 9 heteroatoms. The Morgan fingerprint density at radius 2 is 1.72 bits per heavy atom. The number of ether oxygens (including phenoxy) is 1. The molecule has 1 aliphatic rings. The molecule has 0 bridgehead atoms. The van der Waals surface area contributed by atoms with Crippen LogP contribution in [0.5, 0.6) is 0 Å². The molecule has 1 fully saturated rings. The van der Waals surface area contributed by atoms with Crippen molar-refractivity contribution in [2.24, 2.45) is 0 Å². The SMILES string of the molecule is C[Si](C)(C)CCOCn1ncc(-c2ccc(F)c(-c3ccc(S(C)(=O)=O)cc3)c2)c1-c1cccc(C2CC2)n1. The lowest BCUT2D eigenvalue weighted by atomic mass is 9.98. The van der Waals surface area contributed by atoms with Crippen molar-refractivity contribution in [2.45, 2.75) is 56.1 Å². The van der Waals surface area contributed by atoms with Crippen molar-refractivity contribution in [3.8, 4) is 33.6 Å². The Bertz CT molecular complexity index is 1590. The second kappa shape index (κ2) is 10.8. The van der Waals surface area contributed by atoms with Crippen LogP contribution in [0.2, 0.25) is 25.7 Å². The molecular weight excluding hydrogens is 529 g/mol. The van der Waals surface area contributed by atoms with E-state index in [1.54, 1.807) is 30.5 Å². The van der Waals surface area contributed by atoms with E-state index in [1.165, 1.54) is 18.2 Å². The van der Waals surface area contributed by atoms with Gasteiger partial charge in [-0.05, 0) is 66.4 Å². The van der Waals surface area contributed by atoms with E-state index in [4.69, 9.17) is 9.72 Å². The number of hydrogen-bond acceptors (Lipinski definition) is 5. The molecular formula is C30H34FN3O3SSi. The first-order valence-electron chi connectivity index (χ1n) is 13.2. The number of hydrogen-bond donors (Lipinski definition) is 0. The van der Waals surface area contributed by atoms with Crippen LogP contribution in [0, 0.1) is 5.82 Å². The van der Waals surface area contributed by atoms with E-state index >= 15 is 4.39 Å². The van der Waals surface area contributed by atoms with Gasteiger partial charge in [0.25, 0.3) is 0 Å². The molecule has 0 unspecified atom stereocenters. The maximum atomic E-state index is 15.0. The van der Waals surface area contributed by atoms with Crippen LogP contribution in [0.25, 0.3) is 33.6 Å². The van der Waals surface area contributed by atoms with Crippen molar-refractivity contribution in [1.82, 2.24) is 14.8 Å². The minimum absolute atomic E-state index is 0.196. The molecule has 2 aromatic heterocycles. The van der Waals surface area contributed by atoms with Gasteiger partial charge in [0.15, 0.2) is 9.84 Å². The van der Waals surface area contributed by atoms with Crippen LogP contribution in [0.15, 0.2) is 71.8 Å². The van der Waals surface area contributed by atoms with Crippen molar-refractivity contribution in [3.63, 3.8) is 0 Å². The van der Waals surface area contributed by atoms with E-state index in [2.05, 4.69) is 30.8 Å². The van der Waals surface area contributed by atoms with E-state index in [1.807, 2.05) is 16.8 Å². The topological polar surface area (TPSA) is 74.1 Å². The predicted octanol–water partition coefficient (Wildman–Crippen LogP) is 7.01. The number of nitrogens with zero attached hydrogens (tertiary/aromatic N) is 3. The number of sulfone groups is 1. The van der Waals surface area contributed by atoms with Crippen molar-refractivity contribution in [3.05, 3.63) is 78.4 Å². The number of pyridine rings is 1. The van der Waals surface area contributed by atoms with Crippen molar-refractivity contribution < 1.29 is 17.5 Å². The molecule has 2 aromatic carbocycles. The summed E-state index contributed by atoms with van der Waals surface area (Å²) >= 11 is 0. The van der Waals surface area contributed by atoms with Gasteiger partial charge < -0.3 is 4.74 Å². The summed E-state index contributed by atoms with van der Waals surface area (Å²) in [5.74, 6) is 0.119. The molecule has 0 atom stereocenters. The fraction of sp³-hybridized carbons (Fsp3) is 0.333. The van der Waals surface area contributed by atoms with Gasteiger partial charge in [-0.1, -0.05) is 43.9 Å². The Labute approximate surface area is 230 Å². The van der Waals surface area contributed by atoms with Crippen molar-refractivity contribution in [2.75, 3.05) is 12.9 Å². The molecule has 0 amide bonds. The molecule has 0 spiro atoms. The van der Waals surface area contributed by atoms with Gasteiger partial charge >= 0.3 is 0 Å². The van der Waals surface area contributed by atoms with Crippen molar-refractivity contribution in [1.29, 1.82) is 0 Å². The Morgan fingerprint density at radius 3 is 2.38 bits per heavy atom. The average Bonchev–Trinajstić information content (AvgIpc) is 3.66. The van der Waals surface area contributed by atoms with Gasteiger partial charge in [-0.15, -0.1) is 0 Å². The van der Waals surface area contributed by atoms with E-state index in [0.29, 0.717) is 30.4 Å². The molecule has 0 radical (unpaired) electrons. The summed E-state index contributed by atoms with van der Waals surface area (Å²) in [6, 6.07) is 18.4. The van der Waals surface area contributed by atoms with Crippen LogP contribution < -0.4 is 0 Å². The average molecular weight is 564 g/mol. The standard InChI is InChI=1S/C30H34FN3O3SSi/c1-38(35,36)24-13-10-21(11-14-24)25-18-23(12-15-27(25)31)26-19-32-34(20-37-16-17-39(2,3)4)30(26)29-7-5-6-28(33-29)22-8-9-22/h5-7,10-15,18-19,22H,8-9,16-17,20H2,1-4H3. The van der Waals surface area contributed by atoms with Gasteiger partial charge in [0.05, 0.1) is 22.5 Å².